The Kier molecular flexibility index (Phi) is 5.29. The van der Waals surface area contributed by atoms with Crippen LogP contribution < -0.4 is 5.32 Å². The third-order valence-corrected chi connectivity index (χ3v) is 3.02. The van der Waals surface area contributed by atoms with Gasteiger partial charge in [0.05, 0.1) is 5.56 Å². The van der Waals surface area contributed by atoms with Gasteiger partial charge in [0.2, 0.25) is 0 Å². The van der Waals surface area contributed by atoms with Gasteiger partial charge < -0.3 is 15.5 Å². The van der Waals surface area contributed by atoms with Gasteiger partial charge in [0.1, 0.15) is 11.5 Å². The molecule has 0 heterocycles. The Morgan fingerprint density at radius 3 is 2.29 bits per heavy atom. The average Bonchev–Trinajstić information content (AvgIpc) is 2.26. The SMILES string of the molecule is CCCCC(C)NC(C)c1c(O)cccc1O. The van der Waals surface area contributed by atoms with Crippen LogP contribution in [0.15, 0.2) is 18.2 Å². The molecule has 0 radical (unpaired) electrons. The van der Waals surface area contributed by atoms with Gasteiger partial charge in [0.15, 0.2) is 0 Å². The van der Waals surface area contributed by atoms with Crippen molar-refractivity contribution in [3.05, 3.63) is 23.8 Å². The number of hydrogen-bond donors (Lipinski definition) is 3. The molecule has 0 spiro atoms. The fourth-order valence-corrected chi connectivity index (χ4v) is 2.09. The van der Waals surface area contributed by atoms with Gasteiger partial charge in [-0.2, -0.15) is 0 Å². The molecule has 0 aliphatic carbocycles. The molecule has 0 aliphatic heterocycles. The number of unbranched alkanes of at least 4 members (excludes halogenated alkanes) is 1. The van der Waals surface area contributed by atoms with Gasteiger partial charge >= 0.3 is 0 Å². The van der Waals surface area contributed by atoms with E-state index in [0.29, 0.717) is 11.6 Å². The highest BCUT2D eigenvalue weighted by Gasteiger charge is 2.16. The quantitative estimate of drug-likeness (QED) is 0.711. The number of benzene rings is 1. The summed E-state index contributed by atoms with van der Waals surface area (Å²) in [4.78, 5) is 0. The van der Waals surface area contributed by atoms with Crippen LogP contribution in [0.3, 0.4) is 0 Å². The maximum absolute atomic E-state index is 9.75. The number of rotatable bonds is 6. The monoisotopic (exact) mass is 237 g/mol. The van der Waals surface area contributed by atoms with Gasteiger partial charge in [0, 0.05) is 12.1 Å². The van der Waals surface area contributed by atoms with Gasteiger partial charge in [-0.25, -0.2) is 0 Å². The molecular weight excluding hydrogens is 214 g/mol. The van der Waals surface area contributed by atoms with Crippen LogP contribution in [0.25, 0.3) is 0 Å². The lowest BCUT2D eigenvalue weighted by Gasteiger charge is -2.21. The third-order valence-electron chi connectivity index (χ3n) is 3.02. The first-order valence-corrected chi connectivity index (χ1v) is 6.33. The van der Waals surface area contributed by atoms with E-state index in [1.165, 1.54) is 12.8 Å². The maximum atomic E-state index is 9.75. The summed E-state index contributed by atoms with van der Waals surface area (Å²) in [6.07, 6.45) is 3.48. The summed E-state index contributed by atoms with van der Waals surface area (Å²) in [6, 6.07) is 5.17. The fraction of sp³-hybridized carbons (Fsp3) is 0.571. The van der Waals surface area contributed by atoms with Gasteiger partial charge in [-0.3, -0.25) is 0 Å². The Bertz CT molecular complexity index is 332. The Hall–Kier alpha value is -1.22. The van der Waals surface area contributed by atoms with Crippen LogP contribution in [0, 0.1) is 0 Å². The van der Waals surface area contributed by atoms with E-state index in [4.69, 9.17) is 0 Å². The molecule has 3 nitrogen and oxygen atoms in total. The summed E-state index contributed by atoms with van der Waals surface area (Å²) >= 11 is 0. The molecule has 0 saturated carbocycles. The van der Waals surface area contributed by atoms with Crippen molar-refractivity contribution < 1.29 is 10.2 Å². The van der Waals surface area contributed by atoms with Crippen molar-refractivity contribution in [2.24, 2.45) is 0 Å². The van der Waals surface area contributed by atoms with E-state index in [0.717, 1.165) is 6.42 Å². The molecule has 1 aromatic carbocycles. The van der Waals surface area contributed by atoms with Crippen molar-refractivity contribution in [2.75, 3.05) is 0 Å². The van der Waals surface area contributed by atoms with Crippen LogP contribution in [0.1, 0.15) is 51.6 Å². The topological polar surface area (TPSA) is 52.5 Å². The summed E-state index contributed by atoms with van der Waals surface area (Å²) in [5.41, 5.74) is 0.579. The molecule has 3 N–H and O–H groups in total. The second-order valence-corrected chi connectivity index (χ2v) is 4.64. The van der Waals surface area contributed by atoms with Crippen molar-refractivity contribution in [1.82, 2.24) is 5.32 Å². The molecule has 0 saturated heterocycles. The molecule has 0 fully saturated rings. The Morgan fingerprint density at radius 1 is 1.18 bits per heavy atom. The number of phenolic OH excluding ortho intramolecular Hbond substituents is 2. The van der Waals surface area contributed by atoms with E-state index in [1.54, 1.807) is 18.2 Å². The third kappa shape index (κ3) is 3.93. The highest BCUT2D eigenvalue weighted by Crippen LogP contribution is 2.32. The van der Waals surface area contributed by atoms with E-state index in [-0.39, 0.29) is 17.5 Å². The summed E-state index contributed by atoms with van der Waals surface area (Å²) in [6.45, 7) is 6.26. The molecule has 3 heteroatoms. The first-order chi connectivity index (χ1) is 8.06. The standard InChI is InChI=1S/C14H23NO2/c1-4-5-7-10(2)15-11(3)14-12(16)8-6-9-13(14)17/h6,8-11,15-17H,4-5,7H2,1-3H3. The van der Waals surface area contributed by atoms with Crippen molar-refractivity contribution in [3.63, 3.8) is 0 Å². The van der Waals surface area contributed by atoms with Crippen LogP contribution in [0.2, 0.25) is 0 Å². The molecule has 17 heavy (non-hydrogen) atoms. The fourth-order valence-electron chi connectivity index (χ4n) is 2.09. The van der Waals surface area contributed by atoms with Crippen LogP contribution in [-0.2, 0) is 0 Å². The van der Waals surface area contributed by atoms with Crippen LogP contribution >= 0.6 is 0 Å². The van der Waals surface area contributed by atoms with Crippen LogP contribution in [-0.4, -0.2) is 16.3 Å². The number of hydrogen-bond acceptors (Lipinski definition) is 3. The lowest BCUT2D eigenvalue weighted by atomic mass is 10.0. The molecule has 0 amide bonds. The van der Waals surface area contributed by atoms with Gasteiger partial charge in [-0.1, -0.05) is 25.8 Å². The Balaban J connectivity index is 2.66. The first kappa shape index (κ1) is 13.8. The molecule has 2 atom stereocenters. The zero-order chi connectivity index (χ0) is 12.8. The normalized spacial score (nSPS) is 14.5. The van der Waals surface area contributed by atoms with Gasteiger partial charge in [0.25, 0.3) is 0 Å². The maximum Gasteiger partial charge on any atom is 0.124 e. The molecule has 96 valence electrons. The summed E-state index contributed by atoms with van der Waals surface area (Å²) in [5, 5.41) is 22.9. The molecule has 0 aliphatic rings. The van der Waals surface area contributed by atoms with E-state index in [9.17, 15) is 10.2 Å². The van der Waals surface area contributed by atoms with E-state index >= 15 is 0 Å². The molecule has 2 unspecified atom stereocenters. The van der Waals surface area contributed by atoms with Crippen LogP contribution in [0.5, 0.6) is 11.5 Å². The molecule has 0 aromatic heterocycles. The Morgan fingerprint density at radius 2 is 1.76 bits per heavy atom. The highest BCUT2D eigenvalue weighted by atomic mass is 16.3. The zero-order valence-electron chi connectivity index (χ0n) is 10.9. The molecule has 1 rings (SSSR count). The second-order valence-electron chi connectivity index (χ2n) is 4.64. The predicted molar refractivity (Wildman–Crippen MR) is 70.3 cm³/mol. The van der Waals surface area contributed by atoms with Gasteiger partial charge in [-0.05, 0) is 32.4 Å². The second kappa shape index (κ2) is 6.50. The predicted octanol–water partition coefficient (Wildman–Crippen LogP) is 3.33. The van der Waals surface area contributed by atoms with E-state index in [1.807, 2.05) is 6.92 Å². The average molecular weight is 237 g/mol. The summed E-state index contributed by atoms with van der Waals surface area (Å²) in [5.74, 6) is 0.292. The number of phenols is 2. The largest absolute Gasteiger partial charge is 0.507 e. The van der Waals surface area contributed by atoms with Crippen molar-refractivity contribution in [2.45, 2.75) is 52.1 Å². The highest BCUT2D eigenvalue weighted by molar-refractivity contribution is 5.44. The number of nitrogens with one attached hydrogen (secondary N) is 1. The summed E-state index contributed by atoms with van der Waals surface area (Å²) in [7, 11) is 0. The van der Waals surface area contributed by atoms with Crippen molar-refractivity contribution in [1.29, 1.82) is 0 Å². The van der Waals surface area contributed by atoms with Crippen LogP contribution in [0.4, 0.5) is 0 Å². The Labute approximate surface area is 103 Å². The van der Waals surface area contributed by atoms with Gasteiger partial charge in [-0.15, -0.1) is 0 Å². The van der Waals surface area contributed by atoms with E-state index < -0.39 is 0 Å². The minimum Gasteiger partial charge on any atom is -0.507 e. The number of aromatic hydroxyl groups is 2. The zero-order valence-corrected chi connectivity index (χ0v) is 10.9. The lowest BCUT2D eigenvalue weighted by molar-refractivity contribution is 0.395. The van der Waals surface area contributed by atoms with Crippen molar-refractivity contribution >= 4 is 0 Å². The molecule has 1 aromatic rings. The minimum absolute atomic E-state index is 0.0527. The minimum atomic E-state index is -0.0527. The van der Waals surface area contributed by atoms with E-state index in [2.05, 4.69) is 19.2 Å². The molecule has 0 bridgehead atoms. The smallest absolute Gasteiger partial charge is 0.124 e. The summed E-state index contributed by atoms with van der Waals surface area (Å²) < 4.78 is 0. The first-order valence-electron chi connectivity index (χ1n) is 6.33. The van der Waals surface area contributed by atoms with Crippen molar-refractivity contribution in [3.8, 4) is 11.5 Å². The lowest BCUT2D eigenvalue weighted by Crippen LogP contribution is -2.28. The molecular formula is C14H23NO2.